The average Bonchev–Trinajstić information content (AvgIpc) is 2.64. The molecule has 6 heteroatoms. The standard InChI is InChI=1S/C23H41N3O3/c1-22(2,3)28-17-15-26-13-11-25(12-14-26)10-7-16-27-21-9-8-20(18-24-21)19-29-23(4,5)6/h8-9,18H,7,10-17,19H2,1-6H3. The highest BCUT2D eigenvalue weighted by molar-refractivity contribution is 5.17. The van der Waals surface area contributed by atoms with Crippen molar-refractivity contribution in [1.29, 1.82) is 0 Å². The lowest BCUT2D eigenvalue weighted by atomic mass is 10.2. The zero-order chi connectivity index (χ0) is 21.3. The lowest BCUT2D eigenvalue weighted by molar-refractivity contribution is -0.0179. The molecule has 2 heterocycles. The first-order valence-corrected chi connectivity index (χ1v) is 10.9. The largest absolute Gasteiger partial charge is 0.478 e. The van der Waals surface area contributed by atoms with Crippen molar-refractivity contribution in [2.45, 2.75) is 65.8 Å². The summed E-state index contributed by atoms with van der Waals surface area (Å²) in [6, 6.07) is 3.95. The summed E-state index contributed by atoms with van der Waals surface area (Å²) in [5, 5.41) is 0. The molecule has 0 aromatic carbocycles. The van der Waals surface area contributed by atoms with E-state index < -0.39 is 0 Å². The summed E-state index contributed by atoms with van der Waals surface area (Å²) in [4.78, 5) is 9.40. The molecule has 1 aromatic heterocycles. The van der Waals surface area contributed by atoms with Crippen LogP contribution in [-0.4, -0.2) is 78.5 Å². The second-order valence-electron chi connectivity index (χ2n) is 9.75. The first-order chi connectivity index (χ1) is 13.6. The molecule has 0 saturated carbocycles. The van der Waals surface area contributed by atoms with Crippen molar-refractivity contribution in [3.05, 3.63) is 23.9 Å². The molecule has 1 aliphatic rings. The minimum absolute atomic E-state index is 0.0444. The Morgan fingerprint density at radius 3 is 2.00 bits per heavy atom. The zero-order valence-corrected chi connectivity index (χ0v) is 19.4. The van der Waals surface area contributed by atoms with Gasteiger partial charge < -0.3 is 19.1 Å². The SMILES string of the molecule is CC(C)(C)OCCN1CCN(CCCOc2ccc(COC(C)(C)C)cn2)CC1. The van der Waals surface area contributed by atoms with Gasteiger partial charge in [0, 0.05) is 51.5 Å². The molecular formula is C23H41N3O3. The number of nitrogens with zero attached hydrogens (tertiary/aromatic N) is 3. The van der Waals surface area contributed by atoms with Gasteiger partial charge in [-0.25, -0.2) is 4.98 Å². The predicted octanol–water partition coefficient (Wildman–Crippen LogP) is 3.60. The number of hydrogen-bond acceptors (Lipinski definition) is 6. The van der Waals surface area contributed by atoms with E-state index in [9.17, 15) is 0 Å². The van der Waals surface area contributed by atoms with Crippen LogP contribution >= 0.6 is 0 Å². The first kappa shape index (κ1) is 24.1. The van der Waals surface area contributed by atoms with Crippen molar-refractivity contribution < 1.29 is 14.2 Å². The van der Waals surface area contributed by atoms with Crippen LogP contribution in [0.2, 0.25) is 0 Å². The van der Waals surface area contributed by atoms with E-state index in [0.29, 0.717) is 19.1 Å². The van der Waals surface area contributed by atoms with Crippen LogP contribution in [0, 0.1) is 0 Å². The van der Waals surface area contributed by atoms with Gasteiger partial charge in [0.25, 0.3) is 0 Å². The summed E-state index contributed by atoms with van der Waals surface area (Å²) in [6.07, 6.45) is 2.85. The monoisotopic (exact) mass is 407 g/mol. The Bertz CT molecular complexity index is 571. The summed E-state index contributed by atoms with van der Waals surface area (Å²) < 4.78 is 17.4. The first-order valence-electron chi connectivity index (χ1n) is 10.9. The maximum absolute atomic E-state index is 5.83. The molecule has 2 rings (SSSR count). The van der Waals surface area contributed by atoms with Gasteiger partial charge in [-0.05, 0) is 59.6 Å². The van der Waals surface area contributed by atoms with Gasteiger partial charge in [0.2, 0.25) is 5.88 Å². The Balaban J connectivity index is 1.55. The van der Waals surface area contributed by atoms with Crippen molar-refractivity contribution >= 4 is 0 Å². The second kappa shape index (κ2) is 11.3. The van der Waals surface area contributed by atoms with Crippen molar-refractivity contribution in [1.82, 2.24) is 14.8 Å². The molecule has 1 aromatic rings. The van der Waals surface area contributed by atoms with Crippen LogP contribution in [0.3, 0.4) is 0 Å². The summed E-state index contributed by atoms with van der Waals surface area (Å²) in [6.45, 7) is 21.2. The summed E-state index contributed by atoms with van der Waals surface area (Å²) in [5.41, 5.74) is 0.885. The smallest absolute Gasteiger partial charge is 0.213 e. The second-order valence-corrected chi connectivity index (χ2v) is 9.75. The molecule has 29 heavy (non-hydrogen) atoms. The number of pyridine rings is 1. The minimum Gasteiger partial charge on any atom is -0.478 e. The van der Waals surface area contributed by atoms with Gasteiger partial charge in [-0.2, -0.15) is 0 Å². The Hall–Kier alpha value is -1.21. The molecule has 0 atom stereocenters. The molecular weight excluding hydrogens is 366 g/mol. The van der Waals surface area contributed by atoms with Gasteiger partial charge in [0.15, 0.2) is 0 Å². The predicted molar refractivity (Wildman–Crippen MR) is 117 cm³/mol. The molecule has 1 aliphatic heterocycles. The van der Waals surface area contributed by atoms with Crippen molar-refractivity contribution in [2.75, 3.05) is 52.5 Å². The van der Waals surface area contributed by atoms with Crippen LogP contribution in [0.15, 0.2) is 18.3 Å². The Morgan fingerprint density at radius 2 is 1.45 bits per heavy atom. The molecule has 0 aliphatic carbocycles. The fourth-order valence-corrected chi connectivity index (χ4v) is 3.06. The van der Waals surface area contributed by atoms with Gasteiger partial charge in [-0.3, -0.25) is 4.90 Å². The van der Waals surface area contributed by atoms with Crippen LogP contribution in [0.4, 0.5) is 0 Å². The van der Waals surface area contributed by atoms with Gasteiger partial charge in [-0.1, -0.05) is 0 Å². The third-order valence-electron chi connectivity index (χ3n) is 4.75. The molecule has 6 nitrogen and oxygen atoms in total. The third kappa shape index (κ3) is 10.9. The van der Waals surface area contributed by atoms with Gasteiger partial charge in [0.05, 0.1) is 31.0 Å². The fraction of sp³-hybridized carbons (Fsp3) is 0.783. The van der Waals surface area contributed by atoms with Crippen molar-refractivity contribution in [3.63, 3.8) is 0 Å². The molecule has 0 amide bonds. The molecule has 1 fully saturated rings. The minimum atomic E-state index is -0.138. The number of ether oxygens (including phenoxy) is 3. The van der Waals surface area contributed by atoms with Gasteiger partial charge in [0.1, 0.15) is 0 Å². The van der Waals surface area contributed by atoms with Crippen LogP contribution in [0.25, 0.3) is 0 Å². The molecule has 0 N–H and O–H groups in total. The van der Waals surface area contributed by atoms with E-state index in [1.807, 2.05) is 18.3 Å². The van der Waals surface area contributed by atoms with E-state index in [1.165, 1.54) is 0 Å². The fourth-order valence-electron chi connectivity index (χ4n) is 3.06. The lowest BCUT2D eigenvalue weighted by Crippen LogP contribution is -2.47. The average molecular weight is 408 g/mol. The van der Waals surface area contributed by atoms with Crippen molar-refractivity contribution in [2.24, 2.45) is 0 Å². The van der Waals surface area contributed by atoms with E-state index in [4.69, 9.17) is 14.2 Å². The quantitative estimate of drug-likeness (QED) is 0.552. The lowest BCUT2D eigenvalue weighted by Gasteiger charge is -2.35. The van der Waals surface area contributed by atoms with E-state index in [-0.39, 0.29) is 11.2 Å². The van der Waals surface area contributed by atoms with E-state index in [0.717, 1.165) is 57.9 Å². The van der Waals surface area contributed by atoms with Gasteiger partial charge in [-0.15, -0.1) is 0 Å². The number of piperazine rings is 1. The Labute approximate surface area is 177 Å². The summed E-state index contributed by atoms with van der Waals surface area (Å²) in [5.74, 6) is 0.688. The number of aromatic nitrogens is 1. The zero-order valence-electron chi connectivity index (χ0n) is 19.4. The highest BCUT2D eigenvalue weighted by atomic mass is 16.5. The van der Waals surface area contributed by atoms with E-state index >= 15 is 0 Å². The normalized spacial score (nSPS) is 16.9. The maximum Gasteiger partial charge on any atom is 0.213 e. The van der Waals surface area contributed by atoms with E-state index in [2.05, 4.69) is 56.3 Å². The molecule has 0 radical (unpaired) electrons. The highest BCUT2D eigenvalue weighted by Crippen LogP contribution is 2.14. The van der Waals surface area contributed by atoms with Gasteiger partial charge >= 0.3 is 0 Å². The van der Waals surface area contributed by atoms with Crippen LogP contribution in [-0.2, 0) is 16.1 Å². The summed E-state index contributed by atoms with van der Waals surface area (Å²) in [7, 11) is 0. The van der Waals surface area contributed by atoms with E-state index in [1.54, 1.807) is 0 Å². The molecule has 166 valence electrons. The van der Waals surface area contributed by atoms with Crippen molar-refractivity contribution in [3.8, 4) is 5.88 Å². The Kier molecular flexibility index (Phi) is 9.34. The summed E-state index contributed by atoms with van der Waals surface area (Å²) >= 11 is 0. The molecule has 0 bridgehead atoms. The van der Waals surface area contributed by atoms with Crippen LogP contribution in [0.1, 0.15) is 53.5 Å². The number of rotatable bonds is 10. The van der Waals surface area contributed by atoms with Crippen LogP contribution < -0.4 is 4.74 Å². The topological polar surface area (TPSA) is 47.1 Å². The highest BCUT2D eigenvalue weighted by Gasteiger charge is 2.17. The van der Waals surface area contributed by atoms with Crippen LogP contribution in [0.5, 0.6) is 5.88 Å². The molecule has 1 saturated heterocycles. The third-order valence-corrected chi connectivity index (χ3v) is 4.75. The number of hydrogen-bond donors (Lipinski definition) is 0. The maximum atomic E-state index is 5.83. The molecule has 0 spiro atoms. The molecule has 0 unspecified atom stereocenters. The Morgan fingerprint density at radius 1 is 0.828 bits per heavy atom.